The summed E-state index contributed by atoms with van der Waals surface area (Å²) in [5, 5.41) is 0. The van der Waals surface area contributed by atoms with Crippen LogP contribution in [-0.2, 0) is 20.2 Å². The smallest absolute Gasteiger partial charge is 0.211 e. The molecule has 3 heterocycles. The standard InChI is InChI=1S/C19H28N2O3S/c1-25(22,23)21-10-4-5-16(14-21)13-20-15-19(8-11-24-12-9-19)17-6-2-3-7-18(17)20/h2-3,6-7,16H,4-5,8-15H2,1H3. The molecule has 2 saturated heterocycles. The Balaban J connectivity index is 1.53. The van der Waals surface area contributed by atoms with Gasteiger partial charge in [-0.25, -0.2) is 12.7 Å². The van der Waals surface area contributed by atoms with Gasteiger partial charge in [0.2, 0.25) is 10.0 Å². The van der Waals surface area contributed by atoms with Crippen LogP contribution in [0.1, 0.15) is 31.2 Å². The zero-order valence-corrected chi connectivity index (χ0v) is 15.8. The van der Waals surface area contributed by atoms with E-state index in [-0.39, 0.29) is 5.41 Å². The highest BCUT2D eigenvalue weighted by Crippen LogP contribution is 2.46. The zero-order chi connectivity index (χ0) is 17.5. The summed E-state index contributed by atoms with van der Waals surface area (Å²) in [7, 11) is -3.08. The van der Waals surface area contributed by atoms with Gasteiger partial charge in [-0.05, 0) is 43.2 Å². The SMILES string of the molecule is CS(=O)(=O)N1CCCC(CN2CC3(CCOCC3)c3ccccc32)C1. The van der Waals surface area contributed by atoms with E-state index in [1.165, 1.54) is 17.5 Å². The summed E-state index contributed by atoms with van der Waals surface area (Å²) in [6, 6.07) is 8.78. The van der Waals surface area contributed by atoms with Crippen molar-refractivity contribution in [3.8, 4) is 0 Å². The van der Waals surface area contributed by atoms with E-state index >= 15 is 0 Å². The Morgan fingerprint density at radius 2 is 2.00 bits per heavy atom. The van der Waals surface area contributed by atoms with Crippen molar-refractivity contribution in [3.63, 3.8) is 0 Å². The van der Waals surface area contributed by atoms with E-state index in [1.807, 2.05) is 0 Å². The van der Waals surface area contributed by atoms with Gasteiger partial charge < -0.3 is 9.64 Å². The molecule has 6 heteroatoms. The Kier molecular flexibility index (Phi) is 4.54. The van der Waals surface area contributed by atoms with Crippen molar-refractivity contribution in [2.75, 3.05) is 50.5 Å². The van der Waals surface area contributed by atoms with E-state index in [9.17, 15) is 8.42 Å². The minimum absolute atomic E-state index is 0.222. The number of anilines is 1. The summed E-state index contributed by atoms with van der Waals surface area (Å²) in [5.74, 6) is 0.409. The Morgan fingerprint density at radius 3 is 2.76 bits per heavy atom. The zero-order valence-electron chi connectivity index (χ0n) is 15.0. The number of rotatable bonds is 3. The molecule has 0 bridgehead atoms. The molecule has 3 aliphatic rings. The maximum absolute atomic E-state index is 11.9. The molecule has 0 saturated carbocycles. The highest BCUT2D eigenvalue weighted by molar-refractivity contribution is 7.88. The first-order valence-corrected chi connectivity index (χ1v) is 11.2. The number of piperidine rings is 1. The van der Waals surface area contributed by atoms with Gasteiger partial charge >= 0.3 is 0 Å². The van der Waals surface area contributed by atoms with E-state index in [1.54, 1.807) is 4.31 Å². The summed E-state index contributed by atoms with van der Waals surface area (Å²) in [6.45, 7) is 5.01. The normalized spacial score (nSPS) is 26.8. The van der Waals surface area contributed by atoms with Crippen molar-refractivity contribution in [2.45, 2.75) is 31.1 Å². The van der Waals surface area contributed by atoms with Gasteiger partial charge in [-0.15, -0.1) is 0 Å². The number of sulfonamides is 1. The molecule has 138 valence electrons. The number of hydrogen-bond acceptors (Lipinski definition) is 4. The van der Waals surface area contributed by atoms with Gasteiger partial charge in [0.25, 0.3) is 0 Å². The molecule has 1 aromatic rings. The first-order chi connectivity index (χ1) is 12.0. The van der Waals surface area contributed by atoms with Crippen molar-refractivity contribution < 1.29 is 13.2 Å². The fourth-order valence-electron chi connectivity index (χ4n) is 4.87. The van der Waals surface area contributed by atoms with Crippen molar-refractivity contribution in [3.05, 3.63) is 29.8 Å². The predicted molar refractivity (Wildman–Crippen MR) is 99.5 cm³/mol. The topological polar surface area (TPSA) is 49.9 Å². The maximum Gasteiger partial charge on any atom is 0.211 e. The third-order valence-corrected chi connectivity index (χ3v) is 7.46. The highest BCUT2D eigenvalue weighted by Gasteiger charge is 2.44. The molecule has 1 aromatic carbocycles. The van der Waals surface area contributed by atoms with Crippen LogP contribution in [0.5, 0.6) is 0 Å². The predicted octanol–water partition coefficient (Wildman–Crippen LogP) is 2.23. The number of nitrogens with zero attached hydrogens (tertiary/aromatic N) is 2. The minimum atomic E-state index is -3.08. The first-order valence-electron chi connectivity index (χ1n) is 9.35. The van der Waals surface area contributed by atoms with Crippen molar-refractivity contribution in [1.29, 1.82) is 0 Å². The Hall–Kier alpha value is -1.11. The van der Waals surface area contributed by atoms with E-state index in [0.717, 1.165) is 52.0 Å². The molecular formula is C19H28N2O3S. The summed E-state index contributed by atoms with van der Waals surface area (Å²) in [4.78, 5) is 2.51. The van der Waals surface area contributed by atoms with Crippen molar-refractivity contribution in [2.24, 2.45) is 5.92 Å². The largest absolute Gasteiger partial charge is 0.381 e. The van der Waals surface area contributed by atoms with Crippen LogP contribution in [0.25, 0.3) is 0 Å². The molecule has 5 nitrogen and oxygen atoms in total. The first kappa shape index (κ1) is 17.3. The van der Waals surface area contributed by atoms with Gasteiger partial charge in [-0.1, -0.05) is 18.2 Å². The van der Waals surface area contributed by atoms with Gasteiger partial charge in [-0.3, -0.25) is 0 Å². The fraction of sp³-hybridized carbons (Fsp3) is 0.684. The number of fused-ring (bicyclic) bond motifs is 2. The lowest BCUT2D eigenvalue weighted by molar-refractivity contribution is 0.0551. The van der Waals surface area contributed by atoms with Crippen LogP contribution in [0.4, 0.5) is 5.69 Å². The molecule has 1 atom stereocenters. The molecule has 0 aliphatic carbocycles. The van der Waals surface area contributed by atoms with Crippen LogP contribution >= 0.6 is 0 Å². The molecule has 3 aliphatic heterocycles. The maximum atomic E-state index is 11.9. The summed E-state index contributed by atoms with van der Waals surface area (Å²) in [5.41, 5.74) is 3.04. The second-order valence-corrected chi connectivity index (χ2v) is 9.90. The quantitative estimate of drug-likeness (QED) is 0.825. The second-order valence-electron chi connectivity index (χ2n) is 7.92. The van der Waals surface area contributed by atoms with Gasteiger partial charge in [0.15, 0.2) is 0 Å². The lowest BCUT2D eigenvalue weighted by Crippen LogP contribution is -2.45. The number of benzene rings is 1. The van der Waals surface area contributed by atoms with Gasteiger partial charge in [-0.2, -0.15) is 0 Å². The van der Waals surface area contributed by atoms with Crippen molar-refractivity contribution >= 4 is 15.7 Å². The van der Waals surface area contributed by atoms with Crippen LogP contribution in [-0.4, -0.2) is 58.4 Å². The lowest BCUT2D eigenvalue weighted by Gasteiger charge is -2.36. The Morgan fingerprint density at radius 1 is 1.24 bits per heavy atom. The van der Waals surface area contributed by atoms with Crippen LogP contribution in [0, 0.1) is 5.92 Å². The minimum Gasteiger partial charge on any atom is -0.381 e. The van der Waals surface area contributed by atoms with Gasteiger partial charge in [0.1, 0.15) is 0 Å². The molecule has 0 radical (unpaired) electrons. The van der Waals surface area contributed by atoms with E-state index < -0.39 is 10.0 Å². The van der Waals surface area contributed by atoms with Gasteiger partial charge in [0.05, 0.1) is 6.26 Å². The third kappa shape index (κ3) is 3.32. The summed E-state index contributed by atoms with van der Waals surface area (Å²) < 4.78 is 31.1. The fourth-order valence-corrected chi connectivity index (χ4v) is 5.82. The molecule has 2 fully saturated rings. The van der Waals surface area contributed by atoms with Gasteiger partial charge in [0, 0.05) is 50.5 Å². The van der Waals surface area contributed by atoms with Crippen LogP contribution in [0.3, 0.4) is 0 Å². The van der Waals surface area contributed by atoms with E-state index in [0.29, 0.717) is 19.0 Å². The number of para-hydroxylation sites is 1. The molecule has 4 rings (SSSR count). The van der Waals surface area contributed by atoms with Crippen LogP contribution < -0.4 is 4.90 Å². The lowest BCUT2D eigenvalue weighted by atomic mass is 9.76. The average molecular weight is 365 g/mol. The molecular weight excluding hydrogens is 336 g/mol. The number of ether oxygens (including phenoxy) is 1. The average Bonchev–Trinajstić information content (AvgIpc) is 2.89. The second kappa shape index (κ2) is 6.56. The van der Waals surface area contributed by atoms with Crippen LogP contribution in [0.15, 0.2) is 24.3 Å². The molecule has 25 heavy (non-hydrogen) atoms. The molecule has 0 aromatic heterocycles. The Bertz CT molecular complexity index is 728. The monoisotopic (exact) mass is 364 g/mol. The van der Waals surface area contributed by atoms with Crippen molar-refractivity contribution in [1.82, 2.24) is 4.31 Å². The van der Waals surface area contributed by atoms with E-state index in [4.69, 9.17) is 4.74 Å². The highest BCUT2D eigenvalue weighted by atomic mass is 32.2. The molecule has 0 N–H and O–H groups in total. The van der Waals surface area contributed by atoms with E-state index in [2.05, 4.69) is 29.2 Å². The third-order valence-electron chi connectivity index (χ3n) is 6.19. The molecule has 0 amide bonds. The summed E-state index contributed by atoms with van der Waals surface area (Å²) in [6.07, 6.45) is 5.58. The number of hydrogen-bond donors (Lipinski definition) is 0. The molecule has 1 spiro atoms. The molecule has 1 unspecified atom stereocenters. The summed E-state index contributed by atoms with van der Waals surface area (Å²) >= 11 is 0. The van der Waals surface area contributed by atoms with Crippen LogP contribution in [0.2, 0.25) is 0 Å². The Labute approximate surface area is 151 Å².